The van der Waals surface area contributed by atoms with Crippen LogP contribution in [0.2, 0.25) is 0 Å². The molecule has 1 aliphatic rings. The van der Waals surface area contributed by atoms with Crippen molar-refractivity contribution in [3.05, 3.63) is 29.6 Å². The maximum Gasteiger partial charge on any atom is 0.250 e. The smallest absolute Gasteiger partial charge is 0.250 e. The van der Waals surface area contributed by atoms with E-state index < -0.39 is 0 Å². The maximum absolute atomic E-state index is 11.6. The van der Waals surface area contributed by atoms with Crippen LogP contribution in [0.1, 0.15) is 31.2 Å². The highest BCUT2D eigenvalue weighted by Crippen LogP contribution is 2.11. The van der Waals surface area contributed by atoms with Crippen LogP contribution in [-0.4, -0.2) is 22.8 Å². The molecule has 0 saturated heterocycles. The van der Waals surface area contributed by atoms with Crippen LogP contribution in [0.5, 0.6) is 0 Å². The standard InChI is InChI=1S/C12H15N3O/c1-3-5-10-12(16)15-11(14-10)9-7-4-6-8(2)13-9/h4,6-7,10H,3,5H2,1-2H3,(H,14,15,16). The van der Waals surface area contributed by atoms with Gasteiger partial charge in [-0.3, -0.25) is 9.79 Å². The number of amides is 1. The number of carbonyl (C=O) groups excluding carboxylic acids is 1. The summed E-state index contributed by atoms with van der Waals surface area (Å²) in [7, 11) is 0. The predicted molar refractivity (Wildman–Crippen MR) is 62.3 cm³/mol. The minimum absolute atomic E-state index is 0.0137. The van der Waals surface area contributed by atoms with Crippen molar-refractivity contribution in [2.45, 2.75) is 32.7 Å². The third-order valence-electron chi connectivity index (χ3n) is 2.52. The summed E-state index contributed by atoms with van der Waals surface area (Å²) in [4.78, 5) is 20.3. The third kappa shape index (κ3) is 2.10. The van der Waals surface area contributed by atoms with Crippen LogP contribution in [0.25, 0.3) is 0 Å². The molecular formula is C12H15N3O. The molecule has 84 valence electrons. The van der Waals surface area contributed by atoms with Gasteiger partial charge < -0.3 is 5.32 Å². The Labute approximate surface area is 94.8 Å². The van der Waals surface area contributed by atoms with Crippen molar-refractivity contribution in [1.82, 2.24) is 10.3 Å². The summed E-state index contributed by atoms with van der Waals surface area (Å²) < 4.78 is 0. The monoisotopic (exact) mass is 217 g/mol. The average Bonchev–Trinajstić information content (AvgIpc) is 2.61. The van der Waals surface area contributed by atoms with Gasteiger partial charge in [-0.1, -0.05) is 19.4 Å². The molecule has 0 aromatic carbocycles. The largest absolute Gasteiger partial charge is 0.307 e. The van der Waals surface area contributed by atoms with Gasteiger partial charge in [0.25, 0.3) is 0 Å². The highest BCUT2D eigenvalue weighted by molar-refractivity contribution is 6.12. The molecule has 1 amide bonds. The molecule has 1 N–H and O–H groups in total. The second kappa shape index (κ2) is 4.43. The van der Waals surface area contributed by atoms with E-state index in [2.05, 4.69) is 15.3 Å². The van der Waals surface area contributed by atoms with E-state index in [1.807, 2.05) is 32.0 Å². The fourth-order valence-electron chi connectivity index (χ4n) is 1.72. The number of hydrogen-bond donors (Lipinski definition) is 1. The van der Waals surface area contributed by atoms with E-state index in [-0.39, 0.29) is 11.9 Å². The summed E-state index contributed by atoms with van der Waals surface area (Å²) in [6.45, 7) is 3.97. The zero-order valence-corrected chi connectivity index (χ0v) is 9.53. The second-order valence-electron chi connectivity index (χ2n) is 3.94. The van der Waals surface area contributed by atoms with Gasteiger partial charge in [0.15, 0.2) is 5.84 Å². The molecule has 0 fully saturated rings. The lowest BCUT2D eigenvalue weighted by Gasteiger charge is -2.00. The summed E-state index contributed by atoms with van der Waals surface area (Å²) in [5, 5.41) is 2.78. The highest BCUT2D eigenvalue weighted by atomic mass is 16.2. The van der Waals surface area contributed by atoms with Crippen molar-refractivity contribution in [2.24, 2.45) is 4.99 Å². The van der Waals surface area contributed by atoms with Gasteiger partial charge in [-0.05, 0) is 25.5 Å². The highest BCUT2D eigenvalue weighted by Gasteiger charge is 2.26. The van der Waals surface area contributed by atoms with Crippen LogP contribution in [0.3, 0.4) is 0 Å². The van der Waals surface area contributed by atoms with Crippen molar-refractivity contribution in [3.8, 4) is 0 Å². The van der Waals surface area contributed by atoms with Gasteiger partial charge in [0, 0.05) is 5.69 Å². The number of carbonyl (C=O) groups is 1. The Morgan fingerprint density at radius 3 is 2.94 bits per heavy atom. The normalized spacial score (nSPS) is 19.5. The summed E-state index contributed by atoms with van der Waals surface area (Å²) in [5.74, 6) is 0.590. The fourth-order valence-corrected chi connectivity index (χ4v) is 1.72. The van der Waals surface area contributed by atoms with E-state index in [0.29, 0.717) is 5.84 Å². The van der Waals surface area contributed by atoms with Crippen LogP contribution in [0, 0.1) is 6.92 Å². The predicted octanol–water partition coefficient (Wildman–Crippen LogP) is 1.44. The molecule has 0 radical (unpaired) electrons. The zero-order valence-electron chi connectivity index (χ0n) is 9.53. The molecule has 1 aliphatic heterocycles. The van der Waals surface area contributed by atoms with Gasteiger partial charge in [-0.15, -0.1) is 0 Å². The molecule has 0 bridgehead atoms. The molecule has 4 nitrogen and oxygen atoms in total. The van der Waals surface area contributed by atoms with Gasteiger partial charge in [0.2, 0.25) is 5.91 Å². The number of rotatable bonds is 3. The molecule has 0 saturated carbocycles. The zero-order chi connectivity index (χ0) is 11.5. The van der Waals surface area contributed by atoms with Gasteiger partial charge in [0.05, 0.1) is 0 Å². The van der Waals surface area contributed by atoms with E-state index in [4.69, 9.17) is 0 Å². The summed E-state index contributed by atoms with van der Waals surface area (Å²) in [6.07, 6.45) is 1.75. The summed E-state index contributed by atoms with van der Waals surface area (Å²) in [5.41, 5.74) is 1.67. The van der Waals surface area contributed by atoms with Crippen LogP contribution in [0.15, 0.2) is 23.2 Å². The number of pyridine rings is 1. The molecule has 2 heterocycles. The molecule has 1 unspecified atom stereocenters. The Balaban J connectivity index is 2.23. The second-order valence-corrected chi connectivity index (χ2v) is 3.94. The summed E-state index contributed by atoms with van der Waals surface area (Å²) in [6, 6.07) is 5.46. The fraction of sp³-hybridized carbons (Fsp3) is 0.417. The van der Waals surface area contributed by atoms with E-state index in [1.54, 1.807) is 0 Å². The third-order valence-corrected chi connectivity index (χ3v) is 2.52. The van der Waals surface area contributed by atoms with Crippen molar-refractivity contribution in [2.75, 3.05) is 0 Å². The lowest BCUT2D eigenvalue weighted by atomic mass is 10.2. The van der Waals surface area contributed by atoms with Gasteiger partial charge in [-0.2, -0.15) is 0 Å². The Hall–Kier alpha value is -1.71. The van der Waals surface area contributed by atoms with Crippen molar-refractivity contribution in [3.63, 3.8) is 0 Å². The molecule has 1 aromatic rings. The first-order chi connectivity index (χ1) is 7.70. The Kier molecular flexibility index (Phi) is 2.99. The number of aliphatic imine (C=N–C) groups is 1. The number of aromatic nitrogens is 1. The number of aryl methyl sites for hydroxylation is 1. The molecule has 2 rings (SSSR count). The van der Waals surface area contributed by atoms with Crippen LogP contribution in [0.4, 0.5) is 0 Å². The van der Waals surface area contributed by atoms with Crippen LogP contribution in [-0.2, 0) is 4.79 Å². The lowest BCUT2D eigenvalue weighted by molar-refractivity contribution is -0.120. The number of nitrogens with zero attached hydrogens (tertiary/aromatic N) is 2. The first-order valence-electron chi connectivity index (χ1n) is 5.53. The molecule has 0 aliphatic carbocycles. The Morgan fingerprint density at radius 1 is 1.44 bits per heavy atom. The van der Waals surface area contributed by atoms with E-state index >= 15 is 0 Å². The molecule has 4 heteroatoms. The quantitative estimate of drug-likeness (QED) is 0.832. The first-order valence-corrected chi connectivity index (χ1v) is 5.53. The maximum atomic E-state index is 11.6. The molecule has 0 spiro atoms. The van der Waals surface area contributed by atoms with E-state index in [9.17, 15) is 4.79 Å². The molecule has 1 atom stereocenters. The van der Waals surface area contributed by atoms with Crippen LogP contribution < -0.4 is 5.32 Å². The average molecular weight is 217 g/mol. The SMILES string of the molecule is CCCC1N=C(c2cccc(C)n2)NC1=O. The van der Waals surface area contributed by atoms with Crippen molar-refractivity contribution < 1.29 is 4.79 Å². The molecular weight excluding hydrogens is 202 g/mol. The topological polar surface area (TPSA) is 54.4 Å². The number of amidine groups is 1. The minimum atomic E-state index is -0.234. The Morgan fingerprint density at radius 2 is 2.25 bits per heavy atom. The van der Waals surface area contributed by atoms with Gasteiger partial charge in [-0.25, -0.2) is 4.98 Å². The minimum Gasteiger partial charge on any atom is -0.307 e. The van der Waals surface area contributed by atoms with E-state index in [0.717, 1.165) is 24.2 Å². The molecule has 16 heavy (non-hydrogen) atoms. The number of nitrogens with one attached hydrogen (secondary N) is 1. The van der Waals surface area contributed by atoms with E-state index in [1.165, 1.54) is 0 Å². The molecule has 1 aromatic heterocycles. The first kappa shape index (κ1) is 10.8. The van der Waals surface area contributed by atoms with Gasteiger partial charge in [0.1, 0.15) is 11.7 Å². The lowest BCUT2D eigenvalue weighted by Crippen LogP contribution is -2.29. The van der Waals surface area contributed by atoms with Crippen molar-refractivity contribution >= 4 is 11.7 Å². The summed E-state index contributed by atoms with van der Waals surface area (Å²) >= 11 is 0. The van der Waals surface area contributed by atoms with Crippen LogP contribution >= 0.6 is 0 Å². The van der Waals surface area contributed by atoms with Gasteiger partial charge >= 0.3 is 0 Å². The Bertz CT molecular complexity index is 440. The van der Waals surface area contributed by atoms with Crippen molar-refractivity contribution in [1.29, 1.82) is 0 Å². The number of hydrogen-bond acceptors (Lipinski definition) is 3.